The quantitative estimate of drug-likeness (QED) is 0.184. The molecule has 1 aromatic carbocycles. The molecule has 1 saturated heterocycles. The number of hydrogen-bond donors (Lipinski definition) is 0. The molecule has 200 valence electrons. The van der Waals surface area contributed by atoms with Gasteiger partial charge in [0.25, 0.3) is 0 Å². The van der Waals surface area contributed by atoms with Crippen LogP contribution in [-0.2, 0) is 27.4 Å². The maximum Gasteiger partial charge on any atom is 0.198 e. The number of Topliss-reactive ketones (excluding diaryl/α,β-unsaturated/α-hetero) is 1. The van der Waals surface area contributed by atoms with Gasteiger partial charge in [-0.15, -0.1) is 0 Å². The number of alkyl halides is 1. The number of benzene rings is 1. The lowest BCUT2D eigenvalue weighted by Gasteiger charge is -2.33. The predicted molar refractivity (Wildman–Crippen MR) is 138 cm³/mol. The molecule has 2 aromatic heterocycles. The molecular formula is C26H30ClF3N2O4Si. The molecule has 0 radical (unpaired) electrons. The first-order valence-corrected chi connectivity index (χ1v) is 16.2. The average Bonchev–Trinajstić information content (AvgIpc) is 3.12. The number of pyridine rings is 1. The van der Waals surface area contributed by atoms with Crippen molar-refractivity contribution in [2.45, 2.75) is 57.3 Å². The number of rotatable bonds is 12. The van der Waals surface area contributed by atoms with Gasteiger partial charge in [0.1, 0.15) is 23.9 Å². The fourth-order valence-electron chi connectivity index (χ4n) is 3.93. The molecule has 0 saturated carbocycles. The van der Waals surface area contributed by atoms with Crippen LogP contribution in [0.2, 0.25) is 30.7 Å². The summed E-state index contributed by atoms with van der Waals surface area (Å²) in [6, 6.07) is 4.57. The average molecular weight is 555 g/mol. The molecule has 0 unspecified atom stereocenters. The lowest BCUT2D eigenvalue weighted by molar-refractivity contribution is -0.139. The fourth-order valence-corrected chi connectivity index (χ4v) is 4.98. The Labute approximate surface area is 219 Å². The van der Waals surface area contributed by atoms with Gasteiger partial charge in [-0.05, 0) is 36.2 Å². The summed E-state index contributed by atoms with van der Waals surface area (Å²) >= 11 is 6.42. The Hall–Kier alpha value is -2.40. The van der Waals surface area contributed by atoms with Gasteiger partial charge in [0.05, 0.1) is 23.6 Å². The molecule has 0 aliphatic carbocycles. The highest BCUT2D eigenvalue weighted by atomic mass is 35.5. The summed E-state index contributed by atoms with van der Waals surface area (Å²) in [6.07, 6.45) is 2.88. The van der Waals surface area contributed by atoms with Gasteiger partial charge >= 0.3 is 0 Å². The lowest BCUT2D eigenvalue weighted by atomic mass is 9.95. The number of carbonyl (C=O) groups excluding carboxylic acids is 1. The van der Waals surface area contributed by atoms with E-state index in [2.05, 4.69) is 24.6 Å². The number of ether oxygens (including phenoxy) is 3. The van der Waals surface area contributed by atoms with E-state index in [9.17, 15) is 18.0 Å². The van der Waals surface area contributed by atoms with Crippen molar-refractivity contribution < 1.29 is 32.2 Å². The van der Waals surface area contributed by atoms with E-state index in [-0.39, 0.29) is 56.3 Å². The molecular weight excluding hydrogens is 525 g/mol. The van der Waals surface area contributed by atoms with Crippen molar-refractivity contribution in [2.24, 2.45) is 0 Å². The Balaban J connectivity index is 1.46. The molecule has 0 bridgehead atoms. The van der Waals surface area contributed by atoms with Gasteiger partial charge in [0, 0.05) is 39.9 Å². The summed E-state index contributed by atoms with van der Waals surface area (Å²) in [5, 5.41) is 0.702. The van der Waals surface area contributed by atoms with Crippen LogP contribution in [0.3, 0.4) is 0 Å². The topological polar surface area (TPSA) is 62.6 Å². The highest BCUT2D eigenvalue weighted by Crippen LogP contribution is 2.37. The van der Waals surface area contributed by atoms with E-state index in [1.165, 1.54) is 12.3 Å². The normalized spacial score (nSPS) is 15.1. The number of aromatic nitrogens is 2. The Kier molecular flexibility index (Phi) is 8.32. The fraction of sp³-hybridized carbons (Fsp3) is 0.462. The zero-order valence-electron chi connectivity index (χ0n) is 21.1. The number of halogens is 4. The van der Waals surface area contributed by atoms with Crippen LogP contribution in [0, 0.1) is 11.6 Å². The van der Waals surface area contributed by atoms with Gasteiger partial charge in [-0.3, -0.25) is 4.79 Å². The maximum absolute atomic E-state index is 14.9. The lowest BCUT2D eigenvalue weighted by Crippen LogP contribution is -2.45. The molecule has 3 heterocycles. The van der Waals surface area contributed by atoms with Gasteiger partial charge in [-0.1, -0.05) is 31.2 Å². The number of ketones is 1. The molecule has 1 aliphatic heterocycles. The van der Waals surface area contributed by atoms with Gasteiger partial charge in [0.15, 0.2) is 23.1 Å². The van der Waals surface area contributed by atoms with Crippen LogP contribution in [0.1, 0.15) is 18.4 Å². The second-order valence-corrected chi connectivity index (χ2v) is 16.7. The summed E-state index contributed by atoms with van der Waals surface area (Å²) < 4.78 is 61.7. The highest BCUT2D eigenvalue weighted by Gasteiger charge is 2.38. The van der Waals surface area contributed by atoms with E-state index in [1.54, 1.807) is 10.8 Å². The molecule has 0 amide bonds. The smallest absolute Gasteiger partial charge is 0.198 e. The van der Waals surface area contributed by atoms with Crippen molar-refractivity contribution in [3.8, 4) is 11.5 Å². The van der Waals surface area contributed by atoms with Crippen molar-refractivity contribution in [1.29, 1.82) is 0 Å². The van der Waals surface area contributed by atoms with E-state index in [0.29, 0.717) is 22.7 Å². The van der Waals surface area contributed by atoms with E-state index in [1.807, 2.05) is 0 Å². The minimum Gasteiger partial charge on any atom is -0.450 e. The largest absolute Gasteiger partial charge is 0.450 e. The monoisotopic (exact) mass is 554 g/mol. The Bertz CT molecular complexity index is 1270. The Morgan fingerprint density at radius 1 is 1.24 bits per heavy atom. The third-order valence-electron chi connectivity index (χ3n) is 6.14. The summed E-state index contributed by atoms with van der Waals surface area (Å²) in [7, 11) is -1.24. The van der Waals surface area contributed by atoms with Crippen molar-refractivity contribution in [3.05, 3.63) is 52.8 Å². The zero-order chi connectivity index (χ0) is 26.8. The molecule has 4 rings (SSSR count). The van der Waals surface area contributed by atoms with Crippen LogP contribution in [-0.4, -0.2) is 48.9 Å². The first-order valence-electron chi connectivity index (χ1n) is 12.1. The first kappa shape index (κ1) is 27.6. The maximum atomic E-state index is 14.9. The molecule has 6 nitrogen and oxygen atoms in total. The molecule has 37 heavy (non-hydrogen) atoms. The molecule has 0 N–H and O–H groups in total. The van der Waals surface area contributed by atoms with Crippen LogP contribution in [0.15, 0.2) is 30.6 Å². The summed E-state index contributed by atoms with van der Waals surface area (Å²) in [5.74, 6) is -2.73. The third-order valence-corrected chi connectivity index (χ3v) is 8.14. The standard InChI is InChI=1S/C26H30ClF3N2O4Si/c1-37(2,3)9-8-34-16-32-13-19(27)23-22(5-7-31-25(23)32)36-24-20(28)11-17(12-21(24)29)10-18(33)4-6-26(30)14-35-15-26/h5,7,11-13H,4,6,8-10,14-16H2,1-3H3. The highest BCUT2D eigenvalue weighted by molar-refractivity contribution is 6.76. The van der Waals surface area contributed by atoms with Crippen molar-refractivity contribution in [2.75, 3.05) is 19.8 Å². The van der Waals surface area contributed by atoms with E-state index < -0.39 is 31.1 Å². The van der Waals surface area contributed by atoms with Crippen molar-refractivity contribution in [3.63, 3.8) is 0 Å². The molecule has 3 aromatic rings. The predicted octanol–water partition coefficient (Wildman–Crippen LogP) is 6.70. The molecule has 0 spiro atoms. The SMILES string of the molecule is C[Si](C)(C)CCOCn1cc(Cl)c2c(Oc3c(F)cc(CC(=O)CCC4(F)COC4)cc3F)ccnc21. The van der Waals surface area contributed by atoms with E-state index in [4.69, 9.17) is 25.8 Å². The van der Waals surface area contributed by atoms with Crippen molar-refractivity contribution >= 4 is 36.5 Å². The van der Waals surface area contributed by atoms with Crippen LogP contribution in [0.25, 0.3) is 11.0 Å². The number of carbonyl (C=O) groups is 1. The van der Waals surface area contributed by atoms with Crippen LogP contribution in [0.4, 0.5) is 13.2 Å². The van der Waals surface area contributed by atoms with Crippen LogP contribution < -0.4 is 4.74 Å². The van der Waals surface area contributed by atoms with Gasteiger partial charge in [-0.25, -0.2) is 18.2 Å². The summed E-state index contributed by atoms with van der Waals surface area (Å²) in [4.78, 5) is 16.5. The second-order valence-electron chi connectivity index (χ2n) is 10.7. The van der Waals surface area contributed by atoms with Gasteiger partial charge in [0.2, 0.25) is 0 Å². The van der Waals surface area contributed by atoms with Crippen LogP contribution in [0.5, 0.6) is 11.5 Å². The minimum absolute atomic E-state index is 0.0276. The molecule has 1 aliphatic rings. The van der Waals surface area contributed by atoms with Gasteiger partial charge < -0.3 is 18.8 Å². The number of fused-ring (bicyclic) bond motifs is 1. The minimum atomic E-state index is -1.49. The Morgan fingerprint density at radius 2 is 1.95 bits per heavy atom. The first-order chi connectivity index (χ1) is 17.4. The van der Waals surface area contributed by atoms with Crippen LogP contribution >= 0.6 is 11.6 Å². The van der Waals surface area contributed by atoms with Gasteiger partial charge in [-0.2, -0.15) is 0 Å². The molecule has 1 fully saturated rings. The van der Waals surface area contributed by atoms with E-state index in [0.717, 1.165) is 18.2 Å². The second kappa shape index (κ2) is 11.1. The number of nitrogens with zero attached hydrogens (tertiary/aromatic N) is 2. The van der Waals surface area contributed by atoms with E-state index >= 15 is 0 Å². The summed E-state index contributed by atoms with van der Waals surface area (Å²) in [5.41, 5.74) is -0.884. The Morgan fingerprint density at radius 3 is 2.57 bits per heavy atom. The zero-order valence-corrected chi connectivity index (χ0v) is 22.8. The molecule has 11 heteroatoms. The summed E-state index contributed by atoms with van der Waals surface area (Å²) in [6.45, 7) is 7.56. The van der Waals surface area contributed by atoms with Crippen molar-refractivity contribution in [1.82, 2.24) is 9.55 Å². The third kappa shape index (κ3) is 6.92. The molecule has 0 atom stereocenters. The number of hydrogen-bond acceptors (Lipinski definition) is 5.